The number of nitrogens with one attached hydrogen (secondary N) is 2. The van der Waals surface area contributed by atoms with Gasteiger partial charge in [0.1, 0.15) is 0 Å². The van der Waals surface area contributed by atoms with Crippen LogP contribution in [0.1, 0.15) is 0 Å². The molecule has 4 N–H and O–H groups in total. The van der Waals surface area contributed by atoms with E-state index in [9.17, 15) is 16.8 Å². The van der Waals surface area contributed by atoms with Crippen molar-refractivity contribution in [3.8, 4) is 0 Å². The third kappa shape index (κ3) is 36.0. The van der Waals surface area contributed by atoms with E-state index in [1.165, 1.54) is 0 Å². The smallest absolute Gasteiger partial charge is 0.677 e. The molecule has 0 saturated heterocycles. The van der Waals surface area contributed by atoms with Crippen LogP contribution < -0.4 is 103 Å². The zero-order valence-corrected chi connectivity index (χ0v) is 17.1. The molecule has 0 aliphatic carbocycles. The monoisotopic (exact) mass is 326 g/mol. The quantitative estimate of drug-likeness (QED) is 0.386. The maximum absolute atomic E-state index is 9.67. The van der Waals surface area contributed by atoms with Crippen LogP contribution in [0.2, 0.25) is 0 Å². The summed E-state index contributed by atoms with van der Waals surface area (Å²) in [5.74, 6) is -0.931. The van der Waals surface area contributed by atoms with Crippen molar-refractivity contribution in [1.29, 1.82) is 0 Å². The minimum Gasteiger partial charge on any atom is -0.677 e. The molecular weight excluding hydrogens is 314 g/mol. The fourth-order valence-corrected chi connectivity index (χ4v) is 0.774. The second kappa shape index (κ2) is 14.4. The summed E-state index contributed by atoms with van der Waals surface area (Å²) < 4.78 is 54.4. The molecule has 88 valence electrons. The minimum atomic E-state index is -3.86. The molecule has 0 rings (SSSR count). The van der Waals surface area contributed by atoms with Gasteiger partial charge in [0, 0.05) is 0 Å². The van der Waals surface area contributed by atoms with Gasteiger partial charge in [-0.05, 0) is 0 Å². The van der Waals surface area contributed by atoms with Crippen LogP contribution >= 0.6 is 0 Å². The molecule has 0 aromatic rings. The molecule has 8 nitrogen and oxygen atoms in total. The van der Waals surface area contributed by atoms with Crippen molar-refractivity contribution in [2.24, 2.45) is 0 Å². The van der Waals surface area contributed by atoms with Gasteiger partial charge in [-0.1, -0.05) is 0 Å². The summed E-state index contributed by atoms with van der Waals surface area (Å²) in [4.78, 5) is 0. The summed E-state index contributed by atoms with van der Waals surface area (Å²) in [7, 11) is -7.72. The summed E-state index contributed by atoms with van der Waals surface area (Å²) in [5, 5.41) is 0. The Morgan fingerprint density at radius 3 is 0.938 bits per heavy atom. The third-order valence-corrected chi connectivity index (χ3v) is 2.16. The van der Waals surface area contributed by atoms with Crippen molar-refractivity contribution in [2.75, 3.05) is 24.6 Å². The zero-order valence-electron chi connectivity index (χ0n) is 9.17. The molecule has 0 spiro atoms. The second-order valence-corrected chi connectivity index (χ2v) is 5.22. The standard InChI is InChI=1S/2C2H6NO3S.2K/c2*3-1-2-7(4,5)6;;/h2*3H,1-2H2,(H,4,5,6);;/q2*-1;2*+1. The van der Waals surface area contributed by atoms with Crippen LogP contribution in [0.5, 0.6) is 0 Å². The van der Waals surface area contributed by atoms with Crippen molar-refractivity contribution in [2.45, 2.75) is 0 Å². The van der Waals surface area contributed by atoms with Gasteiger partial charge in [-0.15, -0.1) is 13.1 Å². The van der Waals surface area contributed by atoms with Crippen LogP contribution in [0.15, 0.2) is 0 Å². The van der Waals surface area contributed by atoms with Crippen LogP contribution in [0.4, 0.5) is 0 Å². The molecular formula is C4H12K2N2O6S2. The number of rotatable bonds is 4. The Balaban J connectivity index is -0.0000000800. The first-order valence-electron chi connectivity index (χ1n) is 3.32. The first-order valence-corrected chi connectivity index (χ1v) is 6.53. The number of hydrogen-bond acceptors (Lipinski definition) is 4. The van der Waals surface area contributed by atoms with Crippen LogP contribution in [0, 0.1) is 0 Å². The predicted octanol–water partition coefficient (Wildman–Crippen LogP) is -6.14. The van der Waals surface area contributed by atoms with Crippen molar-refractivity contribution in [3.05, 3.63) is 11.5 Å². The van der Waals surface area contributed by atoms with Gasteiger partial charge in [0.15, 0.2) is 0 Å². The van der Waals surface area contributed by atoms with E-state index in [4.69, 9.17) is 20.6 Å². The summed E-state index contributed by atoms with van der Waals surface area (Å²) >= 11 is 0. The average molecular weight is 326 g/mol. The van der Waals surface area contributed by atoms with Gasteiger partial charge in [0.2, 0.25) is 0 Å². The maximum Gasteiger partial charge on any atom is 1.00 e. The third-order valence-electron chi connectivity index (χ3n) is 0.720. The van der Waals surface area contributed by atoms with Crippen molar-refractivity contribution in [3.63, 3.8) is 0 Å². The van der Waals surface area contributed by atoms with Crippen molar-refractivity contribution in [1.82, 2.24) is 0 Å². The molecule has 0 aromatic carbocycles. The van der Waals surface area contributed by atoms with Crippen molar-refractivity contribution < 1.29 is 129 Å². The van der Waals surface area contributed by atoms with Gasteiger partial charge >= 0.3 is 103 Å². The minimum absolute atomic E-state index is 0. The molecule has 0 aliphatic heterocycles. The van der Waals surface area contributed by atoms with Crippen LogP contribution in [0.3, 0.4) is 0 Å². The molecule has 0 radical (unpaired) electrons. The first-order chi connectivity index (χ1) is 6.12. The van der Waals surface area contributed by atoms with E-state index >= 15 is 0 Å². The topological polar surface area (TPSA) is 156 Å². The second-order valence-electron chi connectivity index (χ2n) is 2.07. The largest absolute Gasteiger partial charge is 1.00 e. The molecule has 0 amide bonds. The zero-order chi connectivity index (χ0) is 11.8. The van der Waals surface area contributed by atoms with Gasteiger partial charge in [-0.25, -0.2) is 0 Å². The van der Waals surface area contributed by atoms with Gasteiger partial charge < -0.3 is 11.5 Å². The van der Waals surface area contributed by atoms with E-state index in [0.29, 0.717) is 0 Å². The Labute approximate surface area is 181 Å². The fourth-order valence-electron chi connectivity index (χ4n) is 0.258. The molecule has 0 atom stereocenters. The van der Waals surface area contributed by atoms with E-state index in [1.807, 2.05) is 0 Å². The Morgan fingerprint density at radius 2 is 0.938 bits per heavy atom. The molecule has 0 heterocycles. The SMILES string of the molecule is [K+].[K+].[NH-]CCS(=O)(=O)O.[NH-]CCS(=O)(=O)O. The Morgan fingerprint density at radius 1 is 0.750 bits per heavy atom. The van der Waals surface area contributed by atoms with E-state index in [0.717, 1.165) is 0 Å². The summed E-state index contributed by atoms with van der Waals surface area (Å²) in [6.07, 6.45) is 0. The number of hydrogen-bond donors (Lipinski definition) is 2. The van der Waals surface area contributed by atoms with E-state index in [2.05, 4.69) is 0 Å². The van der Waals surface area contributed by atoms with E-state index in [-0.39, 0.29) is 116 Å². The molecule has 16 heavy (non-hydrogen) atoms. The Bertz CT molecular complexity index is 294. The summed E-state index contributed by atoms with van der Waals surface area (Å²) in [6.45, 7) is -0.558. The van der Waals surface area contributed by atoms with E-state index < -0.39 is 31.7 Å². The Hall–Kier alpha value is 3.01. The van der Waals surface area contributed by atoms with Gasteiger partial charge in [0.05, 0.1) is 11.5 Å². The summed E-state index contributed by atoms with van der Waals surface area (Å²) in [6, 6.07) is 0. The Kier molecular flexibility index (Phi) is 24.7. The average Bonchev–Trinajstić information content (AvgIpc) is 1.81. The molecule has 0 fully saturated rings. The maximum atomic E-state index is 9.67. The van der Waals surface area contributed by atoms with Gasteiger partial charge in [-0.2, -0.15) is 16.8 Å². The predicted molar refractivity (Wildman–Crippen MR) is 51.2 cm³/mol. The van der Waals surface area contributed by atoms with Crippen LogP contribution in [-0.2, 0) is 20.2 Å². The molecule has 0 unspecified atom stereocenters. The molecule has 0 saturated carbocycles. The first kappa shape index (κ1) is 27.4. The van der Waals surface area contributed by atoms with Crippen molar-refractivity contribution >= 4 is 20.2 Å². The molecule has 0 aromatic heterocycles. The van der Waals surface area contributed by atoms with Crippen LogP contribution in [0.25, 0.3) is 11.5 Å². The fraction of sp³-hybridized carbons (Fsp3) is 1.00. The van der Waals surface area contributed by atoms with Gasteiger partial charge in [0.25, 0.3) is 20.2 Å². The molecule has 12 heteroatoms. The molecule has 0 aliphatic rings. The molecule has 0 bridgehead atoms. The summed E-state index contributed by atoms with van der Waals surface area (Å²) in [5.41, 5.74) is 12.6. The normalized spacial score (nSPS) is 10.2. The van der Waals surface area contributed by atoms with Crippen LogP contribution in [-0.4, -0.2) is 50.5 Å². The van der Waals surface area contributed by atoms with Gasteiger partial charge in [-0.3, -0.25) is 9.11 Å². The van der Waals surface area contributed by atoms with E-state index in [1.54, 1.807) is 0 Å².